The molecule has 1 amide bonds. The fraction of sp³-hybridized carbons (Fsp3) is 0.471. The smallest absolute Gasteiger partial charge is 0.267 e. The molecule has 1 aliphatic rings. The van der Waals surface area contributed by atoms with E-state index in [9.17, 15) is 9.18 Å². The van der Waals surface area contributed by atoms with Crippen molar-refractivity contribution < 1.29 is 9.18 Å². The van der Waals surface area contributed by atoms with Crippen LogP contribution in [0.4, 0.5) is 4.39 Å². The van der Waals surface area contributed by atoms with Crippen molar-refractivity contribution in [3.63, 3.8) is 0 Å². The second-order valence-corrected chi connectivity index (χ2v) is 6.72. The average Bonchev–Trinajstić information content (AvgIpc) is 3.06. The van der Waals surface area contributed by atoms with Gasteiger partial charge < -0.3 is 4.90 Å². The fourth-order valence-electron chi connectivity index (χ4n) is 3.04. The number of aromatic nitrogens is 2. The Bertz CT molecular complexity index is 663. The van der Waals surface area contributed by atoms with Crippen molar-refractivity contribution in [1.29, 1.82) is 0 Å². The molecule has 2 aromatic rings. The van der Waals surface area contributed by atoms with Crippen LogP contribution in [0.2, 0.25) is 0 Å². The van der Waals surface area contributed by atoms with E-state index in [0.29, 0.717) is 10.8 Å². The molecule has 1 aliphatic heterocycles. The van der Waals surface area contributed by atoms with Gasteiger partial charge in [-0.3, -0.25) is 4.79 Å². The van der Waals surface area contributed by atoms with E-state index in [0.717, 1.165) is 50.0 Å². The quantitative estimate of drug-likeness (QED) is 0.862. The zero-order valence-electron chi connectivity index (χ0n) is 13.2. The zero-order chi connectivity index (χ0) is 16.2. The lowest BCUT2D eigenvalue weighted by atomic mass is 9.90. The molecule has 0 bridgehead atoms. The Labute approximate surface area is 139 Å². The summed E-state index contributed by atoms with van der Waals surface area (Å²) < 4.78 is 16.8. The summed E-state index contributed by atoms with van der Waals surface area (Å²) in [6.07, 6.45) is 3.65. The summed E-state index contributed by atoms with van der Waals surface area (Å²) in [5.41, 5.74) is 1.96. The molecule has 3 rings (SSSR count). The third-order valence-corrected chi connectivity index (χ3v) is 5.18. The average molecular weight is 333 g/mol. The second kappa shape index (κ2) is 7.17. The largest absolute Gasteiger partial charge is 0.338 e. The van der Waals surface area contributed by atoms with Gasteiger partial charge in [0.2, 0.25) is 0 Å². The number of amides is 1. The molecule has 0 unspecified atom stereocenters. The standard InChI is InChI=1S/C17H20FN3OS/c1-2-15-16(23-20-19-15)17(22)21-9-7-13(8-10-21)11-12-3-5-14(18)6-4-12/h3-6,13H,2,7-11H2,1H3. The van der Waals surface area contributed by atoms with E-state index in [-0.39, 0.29) is 11.7 Å². The summed E-state index contributed by atoms with van der Waals surface area (Å²) in [5, 5.41) is 4.02. The van der Waals surface area contributed by atoms with Crippen LogP contribution in [0.5, 0.6) is 0 Å². The number of likely N-dealkylation sites (tertiary alicyclic amines) is 1. The zero-order valence-corrected chi connectivity index (χ0v) is 14.0. The Morgan fingerprint density at radius 3 is 2.65 bits per heavy atom. The highest BCUT2D eigenvalue weighted by molar-refractivity contribution is 7.08. The molecular weight excluding hydrogens is 313 g/mol. The first-order chi connectivity index (χ1) is 11.2. The van der Waals surface area contributed by atoms with E-state index >= 15 is 0 Å². The third kappa shape index (κ3) is 3.75. The van der Waals surface area contributed by atoms with Gasteiger partial charge >= 0.3 is 0 Å². The van der Waals surface area contributed by atoms with Crippen LogP contribution in [-0.4, -0.2) is 33.5 Å². The summed E-state index contributed by atoms with van der Waals surface area (Å²) >= 11 is 1.19. The van der Waals surface area contributed by atoms with E-state index in [2.05, 4.69) is 9.59 Å². The van der Waals surface area contributed by atoms with Crippen LogP contribution in [-0.2, 0) is 12.8 Å². The number of carbonyl (C=O) groups excluding carboxylic acids is 1. The molecule has 1 fully saturated rings. The summed E-state index contributed by atoms with van der Waals surface area (Å²) in [6.45, 7) is 3.53. The number of carbonyl (C=O) groups is 1. The van der Waals surface area contributed by atoms with Crippen LogP contribution in [0.25, 0.3) is 0 Å². The lowest BCUT2D eigenvalue weighted by Gasteiger charge is -2.31. The van der Waals surface area contributed by atoms with Crippen molar-refractivity contribution >= 4 is 17.4 Å². The highest BCUT2D eigenvalue weighted by Gasteiger charge is 2.26. The van der Waals surface area contributed by atoms with Gasteiger partial charge in [-0.1, -0.05) is 23.5 Å². The number of nitrogens with zero attached hydrogens (tertiary/aromatic N) is 3. The first kappa shape index (κ1) is 16.1. The molecule has 0 radical (unpaired) electrons. The maximum absolute atomic E-state index is 12.9. The number of piperidine rings is 1. The van der Waals surface area contributed by atoms with Gasteiger partial charge in [0, 0.05) is 13.1 Å². The van der Waals surface area contributed by atoms with Crippen molar-refractivity contribution in [3.05, 3.63) is 46.2 Å². The molecule has 0 aliphatic carbocycles. The van der Waals surface area contributed by atoms with E-state index < -0.39 is 0 Å². The maximum Gasteiger partial charge on any atom is 0.267 e. The fourth-order valence-corrected chi connectivity index (χ4v) is 3.76. The Kier molecular flexibility index (Phi) is 5.00. The van der Waals surface area contributed by atoms with Crippen LogP contribution < -0.4 is 0 Å². The number of aryl methyl sites for hydroxylation is 1. The van der Waals surface area contributed by atoms with Gasteiger partial charge in [0.15, 0.2) is 0 Å². The molecule has 0 saturated carbocycles. The van der Waals surface area contributed by atoms with Crippen LogP contribution in [0.1, 0.15) is 40.7 Å². The Hall–Kier alpha value is -1.82. The van der Waals surface area contributed by atoms with Gasteiger partial charge in [-0.25, -0.2) is 4.39 Å². The highest BCUT2D eigenvalue weighted by atomic mass is 32.1. The molecule has 6 heteroatoms. The minimum atomic E-state index is -0.195. The third-order valence-electron chi connectivity index (χ3n) is 4.42. The van der Waals surface area contributed by atoms with Crippen molar-refractivity contribution in [3.8, 4) is 0 Å². The topological polar surface area (TPSA) is 46.1 Å². The molecule has 4 nitrogen and oxygen atoms in total. The molecule has 1 saturated heterocycles. The first-order valence-corrected chi connectivity index (χ1v) is 8.79. The number of rotatable bonds is 4. The number of benzene rings is 1. The van der Waals surface area contributed by atoms with Gasteiger partial charge in [-0.15, -0.1) is 5.10 Å². The Balaban J connectivity index is 1.56. The number of hydrogen-bond acceptors (Lipinski definition) is 4. The van der Waals surface area contributed by atoms with E-state index in [4.69, 9.17) is 0 Å². The number of hydrogen-bond donors (Lipinski definition) is 0. The summed E-state index contributed by atoms with van der Waals surface area (Å²) in [4.78, 5) is 15.2. The van der Waals surface area contributed by atoms with E-state index in [1.807, 2.05) is 24.0 Å². The van der Waals surface area contributed by atoms with E-state index in [1.165, 1.54) is 23.7 Å². The van der Waals surface area contributed by atoms with Crippen LogP contribution in [0.3, 0.4) is 0 Å². The maximum atomic E-state index is 12.9. The molecule has 0 N–H and O–H groups in total. The summed E-state index contributed by atoms with van der Waals surface area (Å²) in [7, 11) is 0. The lowest BCUT2D eigenvalue weighted by molar-refractivity contribution is 0.0694. The molecular formula is C17H20FN3OS. The monoisotopic (exact) mass is 333 g/mol. The first-order valence-electron chi connectivity index (χ1n) is 8.02. The van der Waals surface area contributed by atoms with Gasteiger partial charge in [0.25, 0.3) is 5.91 Å². The van der Waals surface area contributed by atoms with Crippen LogP contribution >= 0.6 is 11.5 Å². The molecule has 1 aromatic heterocycles. The summed E-state index contributed by atoms with van der Waals surface area (Å²) in [5.74, 6) is 0.422. The van der Waals surface area contributed by atoms with Crippen LogP contribution in [0.15, 0.2) is 24.3 Å². The molecule has 0 spiro atoms. The van der Waals surface area contributed by atoms with Crippen LogP contribution in [0, 0.1) is 11.7 Å². The van der Waals surface area contributed by atoms with Gasteiger partial charge in [0.1, 0.15) is 10.7 Å². The Morgan fingerprint density at radius 2 is 2.00 bits per heavy atom. The predicted octanol–water partition coefficient (Wildman–Crippen LogP) is 3.33. The normalized spacial score (nSPS) is 15.8. The Morgan fingerprint density at radius 1 is 1.30 bits per heavy atom. The molecule has 122 valence electrons. The SMILES string of the molecule is CCc1nnsc1C(=O)N1CCC(Cc2ccc(F)cc2)CC1. The molecule has 23 heavy (non-hydrogen) atoms. The highest BCUT2D eigenvalue weighted by Crippen LogP contribution is 2.24. The van der Waals surface area contributed by atoms with Gasteiger partial charge in [-0.05, 0) is 60.8 Å². The summed E-state index contributed by atoms with van der Waals surface area (Å²) in [6, 6.07) is 6.72. The lowest BCUT2D eigenvalue weighted by Crippen LogP contribution is -2.38. The second-order valence-electron chi connectivity index (χ2n) is 5.97. The van der Waals surface area contributed by atoms with Crippen molar-refractivity contribution in [2.24, 2.45) is 5.92 Å². The van der Waals surface area contributed by atoms with Crippen molar-refractivity contribution in [2.75, 3.05) is 13.1 Å². The molecule has 2 heterocycles. The van der Waals surface area contributed by atoms with Gasteiger partial charge in [0.05, 0.1) is 5.69 Å². The molecule has 0 atom stereocenters. The van der Waals surface area contributed by atoms with Gasteiger partial charge in [-0.2, -0.15) is 0 Å². The molecule has 1 aromatic carbocycles. The van der Waals surface area contributed by atoms with Crippen molar-refractivity contribution in [2.45, 2.75) is 32.6 Å². The minimum absolute atomic E-state index is 0.0667. The predicted molar refractivity (Wildman–Crippen MR) is 88.0 cm³/mol. The minimum Gasteiger partial charge on any atom is -0.338 e. The van der Waals surface area contributed by atoms with Crippen molar-refractivity contribution in [1.82, 2.24) is 14.5 Å². The van der Waals surface area contributed by atoms with E-state index in [1.54, 1.807) is 0 Å². The number of halogens is 1.